The number of aromatic nitrogens is 2. The molecule has 0 bridgehead atoms. The standard InChI is InChI=1S/C23H22FN3O3/c24-19-3-1-2-18(13-19)17-6-4-16(5-7-17)12-22(28)26-10-11-27-21(15-26)14-20(25-27)8-9-23(29)30/h1-7,13-14H,8-12,15H2,(H,29,30). The van der Waals surface area contributed by atoms with Crippen LogP contribution in [0.25, 0.3) is 11.1 Å². The van der Waals surface area contributed by atoms with Crippen LogP contribution in [0.3, 0.4) is 0 Å². The van der Waals surface area contributed by atoms with Gasteiger partial charge in [0.15, 0.2) is 0 Å². The first kappa shape index (κ1) is 19.8. The van der Waals surface area contributed by atoms with E-state index < -0.39 is 5.97 Å². The smallest absolute Gasteiger partial charge is 0.303 e. The van der Waals surface area contributed by atoms with Gasteiger partial charge in [-0.15, -0.1) is 0 Å². The zero-order valence-electron chi connectivity index (χ0n) is 16.4. The molecule has 6 nitrogen and oxygen atoms in total. The first-order valence-electron chi connectivity index (χ1n) is 9.88. The van der Waals surface area contributed by atoms with Crippen LogP contribution in [0.1, 0.15) is 23.4 Å². The van der Waals surface area contributed by atoms with Gasteiger partial charge >= 0.3 is 5.97 Å². The average Bonchev–Trinajstić information content (AvgIpc) is 3.15. The molecule has 1 aromatic heterocycles. The molecule has 30 heavy (non-hydrogen) atoms. The summed E-state index contributed by atoms with van der Waals surface area (Å²) in [6.45, 7) is 1.65. The third-order valence-electron chi connectivity index (χ3n) is 5.26. The van der Waals surface area contributed by atoms with E-state index in [4.69, 9.17) is 5.11 Å². The quantitative estimate of drug-likeness (QED) is 0.680. The topological polar surface area (TPSA) is 75.4 Å². The third kappa shape index (κ3) is 4.56. The molecule has 0 spiro atoms. The average molecular weight is 407 g/mol. The molecule has 1 N–H and O–H groups in total. The van der Waals surface area contributed by atoms with Gasteiger partial charge in [-0.1, -0.05) is 36.4 Å². The molecule has 154 valence electrons. The van der Waals surface area contributed by atoms with E-state index in [0.717, 1.165) is 28.1 Å². The summed E-state index contributed by atoms with van der Waals surface area (Å²) in [5.41, 5.74) is 4.28. The highest BCUT2D eigenvalue weighted by atomic mass is 19.1. The molecule has 4 rings (SSSR count). The Bertz CT molecular complexity index is 1080. The Morgan fingerprint density at radius 2 is 1.83 bits per heavy atom. The lowest BCUT2D eigenvalue weighted by Crippen LogP contribution is -2.39. The van der Waals surface area contributed by atoms with Gasteiger partial charge in [-0.25, -0.2) is 4.39 Å². The van der Waals surface area contributed by atoms with E-state index in [1.54, 1.807) is 11.0 Å². The van der Waals surface area contributed by atoms with E-state index in [1.807, 2.05) is 41.1 Å². The molecule has 7 heteroatoms. The van der Waals surface area contributed by atoms with Crippen molar-refractivity contribution in [3.8, 4) is 11.1 Å². The number of nitrogens with zero attached hydrogens (tertiary/aromatic N) is 3. The molecule has 0 atom stereocenters. The summed E-state index contributed by atoms with van der Waals surface area (Å²) in [4.78, 5) is 25.3. The Labute approximate surface area is 173 Å². The van der Waals surface area contributed by atoms with Crippen molar-refractivity contribution in [1.82, 2.24) is 14.7 Å². The predicted molar refractivity (Wildman–Crippen MR) is 109 cm³/mol. The number of benzene rings is 2. The van der Waals surface area contributed by atoms with E-state index in [0.29, 0.717) is 32.5 Å². The van der Waals surface area contributed by atoms with E-state index in [2.05, 4.69) is 5.10 Å². The highest BCUT2D eigenvalue weighted by Crippen LogP contribution is 2.21. The number of halogens is 1. The minimum Gasteiger partial charge on any atom is -0.481 e. The Kier molecular flexibility index (Phi) is 5.61. The van der Waals surface area contributed by atoms with Crippen LogP contribution in [0, 0.1) is 5.82 Å². The van der Waals surface area contributed by atoms with Crippen LogP contribution in [-0.4, -0.2) is 38.2 Å². The maximum absolute atomic E-state index is 13.4. The monoisotopic (exact) mass is 407 g/mol. The van der Waals surface area contributed by atoms with Crippen molar-refractivity contribution in [3.63, 3.8) is 0 Å². The number of carbonyl (C=O) groups is 2. The van der Waals surface area contributed by atoms with Crippen molar-refractivity contribution < 1.29 is 19.1 Å². The summed E-state index contributed by atoms with van der Waals surface area (Å²) >= 11 is 0. The van der Waals surface area contributed by atoms with E-state index in [-0.39, 0.29) is 18.1 Å². The summed E-state index contributed by atoms with van der Waals surface area (Å²) in [5, 5.41) is 13.3. The second kappa shape index (κ2) is 8.49. The largest absolute Gasteiger partial charge is 0.481 e. The van der Waals surface area contributed by atoms with Gasteiger partial charge in [0.2, 0.25) is 5.91 Å². The molecule has 2 aromatic carbocycles. The minimum atomic E-state index is -0.846. The number of amides is 1. The molecule has 1 aliphatic heterocycles. The van der Waals surface area contributed by atoms with E-state index in [9.17, 15) is 14.0 Å². The highest BCUT2D eigenvalue weighted by molar-refractivity contribution is 5.79. The van der Waals surface area contributed by atoms with Crippen LogP contribution < -0.4 is 0 Å². The molecule has 1 aliphatic rings. The fraction of sp³-hybridized carbons (Fsp3) is 0.261. The summed E-state index contributed by atoms with van der Waals surface area (Å²) in [6, 6.07) is 15.9. The first-order chi connectivity index (χ1) is 14.5. The van der Waals surface area contributed by atoms with Crippen molar-refractivity contribution >= 4 is 11.9 Å². The van der Waals surface area contributed by atoms with Crippen molar-refractivity contribution in [2.75, 3.05) is 6.54 Å². The first-order valence-corrected chi connectivity index (χ1v) is 9.88. The highest BCUT2D eigenvalue weighted by Gasteiger charge is 2.22. The lowest BCUT2D eigenvalue weighted by molar-refractivity contribution is -0.137. The molecule has 3 aromatic rings. The molecular weight excluding hydrogens is 385 g/mol. The summed E-state index contributed by atoms with van der Waals surface area (Å²) in [7, 11) is 0. The molecule has 0 unspecified atom stereocenters. The van der Waals surface area contributed by atoms with E-state index in [1.165, 1.54) is 12.1 Å². The van der Waals surface area contributed by atoms with Crippen LogP contribution in [0.15, 0.2) is 54.6 Å². The number of hydrogen-bond acceptors (Lipinski definition) is 3. The SMILES string of the molecule is O=C(O)CCc1cc2n(n1)CCN(C(=O)Cc1ccc(-c3cccc(F)c3)cc1)C2. The van der Waals surface area contributed by atoms with Gasteiger partial charge in [-0.2, -0.15) is 5.10 Å². The predicted octanol–water partition coefficient (Wildman–Crippen LogP) is 3.29. The van der Waals surface area contributed by atoms with Gasteiger partial charge in [-0.05, 0) is 34.9 Å². The maximum Gasteiger partial charge on any atom is 0.303 e. The van der Waals surface area contributed by atoms with Gasteiger partial charge in [-0.3, -0.25) is 14.3 Å². The molecule has 0 radical (unpaired) electrons. The lowest BCUT2D eigenvalue weighted by atomic mass is 10.0. The maximum atomic E-state index is 13.4. The number of aliphatic carboxylic acids is 1. The normalized spacial score (nSPS) is 13.2. The van der Waals surface area contributed by atoms with Crippen molar-refractivity contribution in [3.05, 3.63) is 77.4 Å². The van der Waals surface area contributed by atoms with Gasteiger partial charge in [0.25, 0.3) is 0 Å². The Morgan fingerprint density at radius 1 is 1.03 bits per heavy atom. The molecule has 0 saturated carbocycles. The Hall–Kier alpha value is -3.48. The second-order valence-electron chi connectivity index (χ2n) is 7.44. The fourth-order valence-corrected chi connectivity index (χ4v) is 3.67. The molecule has 0 fully saturated rings. The van der Waals surface area contributed by atoms with Crippen LogP contribution in [0.2, 0.25) is 0 Å². The number of fused-ring (bicyclic) bond motifs is 1. The van der Waals surface area contributed by atoms with Crippen LogP contribution in [0.4, 0.5) is 4.39 Å². The van der Waals surface area contributed by atoms with Gasteiger partial charge in [0, 0.05) is 13.0 Å². The molecule has 0 aliphatic carbocycles. The second-order valence-corrected chi connectivity index (χ2v) is 7.44. The molecule has 1 amide bonds. The van der Waals surface area contributed by atoms with Crippen molar-refractivity contribution in [1.29, 1.82) is 0 Å². The lowest BCUT2D eigenvalue weighted by Gasteiger charge is -2.27. The number of carboxylic acid groups (broad SMARTS) is 1. The summed E-state index contributed by atoms with van der Waals surface area (Å²) < 4.78 is 15.3. The molecule has 0 saturated heterocycles. The zero-order valence-corrected chi connectivity index (χ0v) is 16.4. The van der Waals surface area contributed by atoms with Crippen LogP contribution >= 0.6 is 0 Å². The van der Waals surface area contributed by atoms with Gasteiger partial charge < -0.3 is 10.0 Å². The van der Waals surface area contributed by atoms with Crippen LogP contribution in [-0.2, 0) is 35.5 Å². The van der Waals surface area contributed by atoms with Crippen molar-refractivity contribution in [2.45, 2.75) is 32.4 Å². The molecule has 2 heterocycles. The number of aryl methyl sites for hydroxylation is 1. The van der Waals surface area contributed by atoms with Crippen molar-refractivity contribution in [2.24, 2.45) is 0 Å². The van der Waals surface area contributed by atoms with Crippen LogP contribution in [0.5, 0.6) is 0 Å². The van der Waals surface area contributed by atoms with Gasteiger partial charge in [0.05, 0.1) is 37.3 Å². The fourth-order valence-electron chi connectivity index (χ4n) is 3.67. The van der Waals surface area contributed by atoms with E-state index >= 15 is 0 Å². The number of carboxylic acids is 1. The number of hydrogen-bond donors (Lipinski definition) is 1. The Balaban J connectivity index is 1.38. The Morgan fingerprint density at radius 3 is 2.57 bits per heavy atom. The van der Waals surface area contributed by atoms with Gasteiger partial charge in [0.1, 0.15) is 5.82 Å². The molecular formula is C23H22FN3O3. The number of rotatable bonds is 6. The number of carbonyl (C=O) groups excluding carboxylic acids is 1. The zero-order chi connectivity index (χ0) is 21.1. The third-order valence-corrected chi connectivity index (χ3v) is 5.26. The summed E-state index contributed by atoms with van der Waals surface area (Å²) in [5.74, 6) is -1.09. The summed E-state index contributed by atoms with van der Waals surface area (Å²) in [6.07, 6.45) is 0.731. The minimum absolute atomic E-state index is 0.0352.